The number of nitrogens with two attached hydrogens (primary N) is 1. The lowest BCUT2D eigenvalue weighted by Crippen LogP contribution is -2.32. The summed E-state index contributed by atoms with van der Waals surface area (Å²) < 4.78 is 14.0. The third-order valence-corrected chi connectivity index (χ3v) is 4.16. The smallest absolute Gasteiger partial charge is 0.123 e. The second-order valence-corrected chi connectivity index (χ2v) is 5.55. The van der Waals surface area contributed by atoms with Gasteiger partial charge in [-0.05, 0) is 48.4 Å². The first kappa shape index (κ1) is 11.1. The molecule has 1 aliphatic carbocycles. The van der Waals surface area contributed by atoms with E-state index in [9.17, 15) is 4.39 Å². The van der Waals surface area contributed by atoms with E-state index in [1.807, 2.05) is 0 Å². The van der Waals surface area contributed by atoms with Crippen molar-refractivity contribution < 1.29 is 4.39 Å². The Morgan fingerprint density at radius 1 is 1.53 bits per heavy atom. The summed E-state index contributed by atoms with van der Waals surface area (Å²) in [5.74, 6) is -0.193. The molecule has 1 nitrogen and oxygen atoms in total. The first-order chi connectivity index (χ1) is 7.01. The fourth-order valence-electron chi connectivity index (χ4n) is 1.75. The Morgan fingerprint density at radius 3 is 2.80 bits per heavy atom. The molecule has 0 aliphatic heterocycles. The molecule has 0 aromatic heterocycles. The maximum Gasteiger partial charge on any atom is 0.123 e. The van der Waals surface area contributed by atoms with Crippen molar-refractivity contribution in [3.05, 3.63) is 34.1 Å². The molecule has 0 radical (unpaired) electrons. The van der Waals surface area contributed by atoms with Gasteiger partial charge in [0.25, 0.3) is 0 Å². The van der Waals surface area contributed by atoms with Crippen molar-refractivity contribution in [1.82, 2.24) is 0 Å². The molecule has 0 bridgehead atoms. The van der Waals surface area contributed by atoms with Gasteiger partial charge in [0.2, 0.25) is 0 Å². The van der Waals surface area contributed by atoms with Crippen LogP contribution in [0.2, 0.25) is 0 Å². The maximum atomic E-state index is 13.0. The maximum absolute atomic E-state index is 13.0. The lowest BCUT2D eigenvalue weighted by Gasteiger charge is -2.19. The van der Waals surface area contributed by atoms with E-state index in [1.165, 1.54) is 18.9 Å². The van der Waals surface area contributed by atoms with Crippen LogP contribution in [-0.2, 0) is 6.42 Å². The lowest BCUT2D eigenvalue weighted by atomic mass is 9.93. The zero-order valence-corrected chi connectivity index (χ0v) is 10.3. The Morgan fingerprint density at radius 2 is 2.20 bits per heavy atom. The summed E-state index contributed by atoms with van der Waals surface area (Å²) in [7, 11) is 0. The highest BCUT2D eigenvalue weighted by Gasteiger charge is 2.42. The van der Waals surface area contributed by atoms with Crippen molar-refractivity contribution >= 4 is 15.9 Å². The normalized spacial score (nSPS) is 20.0. The van der Waals surface area contributed by atoms with Gasteiger partial charge in [-0.3, -0.25) is 0 Å². The molecule has 1 aromatic carbocycles. The number of hydrogen-bond acceptors (Lipinski definition) is 1. The highest BCUT2D eigenvalue weighted by atomic mass is 79.9. The summed E-state index contributed by atoms with van der Waals surface area (Å²) in [4.78, 5) is 0. The number of halogens is 2. The first-order valence-electron chi connectivity index (χ1n) is 5.21. The molecular formula is C12H15BrFN. The van der Waals surface area contributed by atoms with E-state index in [4.69, 9.17) is 5.73 Å². The number of rotatable bonds is 3. The molecule has 1 atom stereocenters. The number of hydrogen-bond donors (Lipinski definition) is 1. The Bertz CT molecular complexity index is 374. The molecule has 1 fully saturated rings. The average Bonchev–Trinajstić information content (AvgIpc) is 2.91. The van der Waals surface area contributed by atoms with E-state index in [2.05, 4.69) is 22.9 Å². The summed E-state index contributed by atoms with van der Waals surface area (Å²) in [6, 6.07) is 4.90. The minimum atomic E-state index is -0.193. The molecule has 0 amide bonds. The third kappa shape index (κ3) is 2.40. The minimum absolute atomic E-state index is 0.135. The molecule has 0 spiro atoms. The predicted octanol–water partition coefficient (Wildman–Crippen LogP) is 3.26. The molecule has 2 rings (SSSR count). The van der Waals surface area contributed by atoms with Crippen LogP contribution in [0.15, 0.2) is 22.7 Å². The molecule has 1 aliphatic rings. The van der Waals surface area contributed by atoms with Gasteiger partial charge in [0.05, 0.1) is 0 Å². The van der Waals surface area contributed by atoms with Gasteiger partial charge >= 0.3 is 0 Å². The molecule has 0 saturated heterocycles. The van der Waals surface area contributed by atoms with Crippen LogP contribution in [0.25, 0.3) is 0 Å². The second kappa shape index (κ2) is 3.87. The van der Waals surface area contributed by atoms with Crippen LogP contribution < -0.4 is 5.73 Å². The largest absolute Gasteiger partial charge is 0.327 e. The van der Waals surface area contributed by atoms with E-state index in [0.29, 0.717) is 0 Å². The minimum Gasteiger partial charge on any atom is -0.327 e. The van der Waals surface area contributed by atoms with Gasteiger partial charge in [0.1, 0.15) is 5.82 Å². The summed E-state index contributed by atoms with van der Waals surface area (Å²) in [6.07, 6.45) is 3.14. The average molecular weight is 272 g/mol. The Labute approximate surface area is 98.0 Å². The van der Waals surface area contributed by atoms with Crippen molar-refractivity contribution in [2.75, 3.05) is 0 Å². The first-order valence-corrected chi connectivity index (χ1v) is 6.00. The molecule has 82 valence electrons. The van der Waals surface area contributed by atoms with Gasteiger partial charge in [-0.15, -0.1) is 0 Å². The monoisotopic (exact) mass is 271 g/mol. The molecule has 1 aromatic rings. The molecule has 1 saturated carbocycles. The van der Waals surface area contributed by atoms with Crippen LogP contribution >= 0.6 is 15.9 Å². The molecule has 0 heterocycles. The van der Waals surface area contributed by atoms with Gasteiger partial charge in [-0.1, -0.05) is 22.9 Å². The second-order valence-electron chi connectivity index (χ2n) is 4.70. The van der Waals surface area contributed by atoms with Gasteiger partial charge in [0.15, 0.2) is 0 Å². The van der Waals surface area contributed by atoms with E-state index in [-0.39, 0.29) is 17.3 Å². The van der Waals surface area contributed by atoms with E-state index in [0.717, 1.165) is 16.5 Å². The highest BCUT2D eigenvalue weighted by molar-refractivity contribution is 9.10. The van der Waals surface area contributed by atoms with Gasteiger partial charge < -0.3 is 5.73 Å². The molecule has 15 heavy (non-hydrogen) atoms. The molecule has 2 N–H and O–H groups in total. The molecular weight excluding hydrogens is 257 g/mol. The van der Waals surface area contributed by atoms with Crippen LogP contribution in [-0.4, -0.2) is 6.04 Å². The van der Waals surface area contributed by atoms with Crippen molar-refractivity contribution in [3.63, 3.8) is 0 Å². The number of benzene rings is 1. The van der Waals surface area contributed by atoms with Crippen molar-refractivity contribution in [3.8, 4) is 0 Å². The van der Waals surface area contributed by atoms with Gasteiger partial charge in [0, 0.05) is 10.5 Å². The summed E-state index contributed by atoms with van der Waals surface area (Å²) >= 11 is 3.42. The Balaban J connectivity index is 2.13. The van der Waals surface area contributed by atoms with Crippen molar-refractivity contribution in [2.24, 2.45) is 11.1 Å². The SMILES string of the molecule is CC1(C(N)Cc2cc(F)ccc2Br)CC1. The van der Waals surface area contributed by atoms with Crippen LogP contribution in [0.3, 0.4) is 0 Å². The van der Waals surface area contributed by atoms with E-state index >= 15 is 0 Å². The standard InChI is InChI=1S/C12H15BrFN/c1-12(4-5-12)11(15)7-8-6-9(14)2-3-10(8)13/h2-3,6,11H,4-5,7,15H2,1H3. The Hall–Kier alpha value is -0.410. The van der Waals surface area contributed by atoms with Gasteiger partial charge in [-0.25, -0.2) is 4.39 Å². The zero-order valence-electron chi connectivity index (χ0n) is 8.76. The fourth-order valence-corrected chi connectivity index (χ4v) is 2.16. The van der Waals surface area contributed by atoms with E-state index in [1.54, 1.807) is 12.1 Å². The van der Waals surface area contributed by atoms with Crippen LogP contribution in [0.4, 0.5) is 4.39 Å². The molecule has 1 unspecified atom stereocenters. The topological polar surface area (TPSA) is 26.0 Å². The van der Waals surface area contributed by atoms with Gasteiger partial charge in [-0.2, -0.15) is 0 Å². The molecule has 3 heteroatoms. The van der Waals surface area contributed by atoms with Crippen LogP contribution in [0, 0.1) is 11.2 Å². The van der Waals surface area contributed by atoms with Crippen LogP contribution in [0.5, 0.6) is 0 Å². The summed E-state index contributed by atoms with van der Waals surface area (Å²) in [5.41, 5.74) is 7.37. The van der Waals surface area contributed by atoms with Crippen LogP contribution in [0.1, 0.15) is 25.3 Å². The summed E-state index contributed by atoms with van der Waals surface area (Å²) in [6.45, 7) is 2.20. The van der Waals surface area contributed by atoms with E-state index < -0.39 is 0 Å². The Kier molecular flexibility index (Phi) is 2.86. The summed E-state index contributed by atoms with van der Waals surface area (Å²) in [5, 5.41) is 0. The highest BCUT2D eigenvalue weighted by Crippen LogP contribution is 2.48. The lowest BCUT2D eigenvalue weighted by molar-refractivity contribution is 0.432. The predicted molar refractivity (Wildman–Crippen MR) is 63.1 cm³/mol. The van der Waals surface area contributed by atoms with Crippen molar-refractivity contribution in [2.45, 2.75) is 32.2 Å². The fraction of sp³-hybridized carbons (Fsp3) is 0.500. The zero-order chi connectivity index (χ0) is 11.1. The van der Waals surface area contributed by atoms with Crippen molar-refractivity contribution in [1.29, 1.82) is 0 Å². The third-order valence-electron chi connectivity index (χ3n) is 3.38. The quantitative estimate of drug-likeness (QED) is 0.898.